The second-order valence-electron chi connectivity index (χ2n) is 6.15. The second-order valence-corrected chi connectivity index (χ2v) is 6.15. The first-order valence-corrected chi connectivity index (χ1v) is 8.67. The van der Waals surface area contributed by atoms with E-state index in [1.54, 1.807) is 7.11 Å². The van der Waals surface area contributed by atoms with Gasteiger partial charge in [-0.2, -0.15) is 0 Å². The molecular weight excluding hydrogens is 330 g/mol. The van der Waals surface area contributed by atoms with E-state index in [0.29, 0.717) is 13.1 Å². The molecule has 1 heterocycles. The van der Waals surface area contributed by atoms with Gasteiger partial charge in [-0.3, -0.25) is 14.3 Å². The molecule has 0 saturated heterocycles. The first kappa shape index (κ1) is 17.9. The average molecular weight is 353 g/mol. The smallest absolute Gasteiger partial charge is 0.317 e. The number of imidazole rings is 1. The molecule has 1 N–H and O–H groups in total. The van der Waals surface area contributed by atoms with Crippen molar-refractivity contribution in [1.82, 2.24) is 14.5 Å². The van der Waals surface area contributed by atoms with Gasteiger partial charge in [0.15, 0.2) is 0 Å². The van der Waals surface area contributed by atoms with Crippen LogP contribution in [0, 0.1) is 0 Å². The summed E-state index contributed by atoms with van der Waals surface area (Å²) in [6.45, 7) is 3.22. The number of nitrogens with zero attached hydrogens (tertiary/aromatic N) is 3. The van der Waals surface area contributed by atoms with E-state index in [4.69, 9.17) is 9.72 Å². The van der Waals surface area contributed by atoms with Gasteiger partial charge in [0.2, 0.25) is 0 Å². The Hall–Kier alpha value is -2.86. The van der Waals surface area contributed by atoms with Gasteiger partial charge in [0.05, 0.1) is 31.2 Å². The zero-order valence-corrected chi connectivity index (χ0v) is 15.1. The topological polar surface area (TPSA) is 67.6 Å². The maximum absolute atomic E-state index is 11.2. The molecule has 0 aliphatic rings. The van der Waals surface area contributed by atoms with Crippen LogP contribution in [-0.4, -0.2) is 45.7 Å². The summed E-state index contributed by atoms with van der Waals surface area (Å²) in [5, 5.41) is 9.19. The quantitative estimate of drug-likeness (QED) is 0.673. The molecule has 6 nitrogen and oxygen atoms in total. The van der Waals surface area contributed by atoms with Crippen molar-refractivity contribution in [2.24, 2.45) is 0 Å². The third-order valence-electron chi connectivity index (χ3n) is 4.22. The molecule has 0 fully saturated rings. The number of methoxy groups -OCH3 is 1. The fourth-order valence-electron chi connectivity index (χ4n) is 3.12. The van der Waals surface area contributed by atoms with Crippen LogP contribution in [0.3, 0.4) is 0 Å². The number of hydrogen-bond acceptors (Lipinski definition) is 4. The van der Waals surface area contributed by atoms with Gasteiger partial charge in [-0.1, -0.05) is 19.1 Å². The fourth-order valence-corrected chi connectivity index (χ4v) is 3.12. The predicted molar refractivity (Wildman–Crippen MR) is 101 cm³/mol. The highest BCUT2D eigenvalue weighted by Crippen LogP contribution is 2.24. The Morgan fingerprint density at radius 2 is 1.92 bits per heavy atom. The number of fused-ring (bicyclic) bond motifs is 1. The molecular formula is C20H23N3O3. The molecule has 3 rings (SSSR count). The van der Waals surface area contributed by atoms with Crippen LogP contribution in [0.25, 0.3) is 16.7 Å². The van der Waals surface area contributed by atoms with Crippen molar-refractivity contribution < 1.29 is 14.6 Å². The molecule has 0 unspecified atom stereocenters. The number of rotatable bonds is 8. The van der Waals surface area contributed by atoms with E-state index < -0.39 is 5.97 Å². The Balaban J connectivity index is 2.04. The highest BCUT2D eigenvalue weighted by Gasteiger charge is 2.17. The number of aliphatic carboxylic acids is 1. The molecule has 1 aromatic heterocycles. The van der Waals surface area contributed by atoms with Crippen LogP contribution in [0.15, 0.2) is 48.5 Å². The van der Waals surface area contributed by atoms with E-state index in [1.807, 2.05) is 60.4 Å². The van der Waals surface area contributed by atoms with Gasteiger partial charge in [0.1, 0.15) is 11.6 Å². The number of ether oxygens (including phenoxy) is 1. The van der Waals surface area contributed by atoms with Gasteiger partial charge in [-0.25, -0.2) is 4.98 Å². The van der Waals surface area contributed by atoms with Crippen LogP contribution in [0.4, 0.5) is 0 Å². The van der Waals surface area contributed by atoms with Crippen molar-refractivity contribution in [3.05, 3.63) is 54.4 Å². The summed E-state index contributed by atoms with van der Waals surface area (Å²) >= 11 is 0. The van der Waals surface area contributed by atoms with Crippen LogP contribution in [-0.2, 0) is 11.3 Å². The molecule has 0 radical (unpaired) electrons. The Labute approximate surface area is 152 Å². The van der Waals surface area contributed by atoms with Gasteiger partial charge in [-0.05, 0) is 49.4 Å². The summed E-state index contributed by atoms with van der Waals surface area (Å²) in [4.78, 5) is 17.9. The van der Waals surface area contributed by atoms with Crippen molar-refractivity contribution in [3.63, 3.8) is 0 Å². The summed E-state index contributed by atoms with van der Waals surface area (Å²) in [6, 6.07) is 15.7. The van der Waals surface area contributed by atoms with Gasteiger partial charge in [0, 0.05) is 5.69 Å². The van der Waals surface area contributed by atoms with E-state index in [-0.39, 0.29) is 6.54 Å². The number of para-hydroxylation sites is 2. The summed E-state index contributed by atoms with van der Waals surface area (Å²) in [6.07, 6.45) is 0.885. The van der Waals surface area contributed by atoms with Crippen LogP contribution in [0.1, 0.15) is 19.2 Å². The molecule has 26 heavy (non-hydrogen) atoms. The van der Waals surface area contributed by atoms with Crippen molar-refractivity contribution in [2.75, 3.05) is 20.2 Å². The first-order valence-electron chi connectivity index (χ1n) is 8.67. The Bertz CT molecular complexity index is 887. The van der Waals surface area contributed by atoms with E-state index in [9.17, 15) is 9.90 Å². The number of carbonyl (C=O) groups is 1. The lowest BCUT2D eigenvalue weighted by molar-refractivity contribution is -0.138. The van der Waals surface area contributed by atoms with E-state index in [0.717, 1.165) is 34.7 Å². The van der Waals surface area contributed by atoms with E-state index in [1.165, 1.54) is 0 Å². The van der Waals surface area contributed by atoms with Crippen LogP contribution in [0.5, 0.6) is 5.75 Å². The van der Waals surface area contributed by atoms with Crippen molar-refractivity contribution >= 4 is 17.0 Å². The molecule has 0 atom stereocenters. The number of hydrogen-bond donors (Lipinski definition) is 1. The molecule has 136 valence electrons. The lowest BCUT2D eigenvalue weighted by atomic mass is 10.2. The number of carboxylic acid groups (broad SMARTS) is 1. The minimum absolute atomic E-state index is 0.000340. The van der Waals surface area contributed by atoms with E-state index in [2.05, 4.69) is 4.57 Å². The maximum atomic E-state index is 11.2. The van der Waals surface area contributed by atoms with Gasteiger partial charge in [-0.15, -0.1) is 0 Å². The largest absolute Gasteiger partial charge is 0.497 e. The Morgan fingerprint density at radius 3 is 2.58 bits per heavy atom. The molecule has 0 aliphatic carbocycles. The Kier molecular flexibility index (Phi) is 5.53. The average Bonchev–Trinajstić information content (AvgIpc) is 2.99. The predicted octanol–water partition coefficient (Wildman–Crippen LogP) is 3.33. The number of benzene rings is 2. The summed E-state index contributed by atoms with van der Waals surface area (Å²) in [7, 11) is 1.64. The lowest BCUT2D eigenvalue weighted by Gasteiger charge is -2.20. The minimum atomic E-state index is -0.828. The molecule has 0 aliphatic heterocycles. The monoisotopic (exact) mass is 353 g/mol. The van der Waals surface area contributed by atoms with Crippen molar-refractivity contribution in [2.45, 2.75) is 19.9 Å². The molecule has 0 bridgehead atoms. The highest BCUT2D eigenvalue weighted by molar-refractivity contribution is 5.78. The number of aromatic nitrogens is 2. The minimum Gasteiger partial charge on any atom is -0.497 e. The highest BCUT2D eigenvalue weighted by atomic mass is 16.5. The third-order valence-corrected chi connectivity index (χ3v) is 4.22. The maximum Gasteiger partial charge on any atom is 0.317 e. The zero-order valence-electron chi connectivity index (χ0n) is 15.1. The van der Waals surface area contributed by atoms with Crippen LogP contribution in [0.2, 0.25) is 0 Å². The van der Waals surface area contributed by atoms with Crippen molar-refractivity contribution in [1.29, 1.82) is 0 Å². The standard InChI is InChI=1S/C20H23N3O3/c1-3-12-22(14-20(24)25)13-19-21-17-6-4-5-7-18(17)23(19)15-8-10-16(26-2)11-9-15/h4-11H,3,12-14H2,1-2H3,(H,24,25). The summed E-state index contributed by atoms with van der Waals surface area (Å²) < 4.78 is 7.33. The van der Waals surface area contributed by atoms with Crippen molar-refractivity contribution in [3.8, 4) is 11.4 Å². The lowest BCUT2D eigenvalue weighted by Crippen LogP contribution is -2.31. The second kappa shape index (κ2) is 8.01. The summed E-state index contributed by atoms with van der Waals surface area (Å²) in [5.74, 6) is 0.787. The summed E-state index contributed by atoms with van der Waals surface area (Å²) in [5.41, 5.74) is 2.87. The van der Waals surface area contributed by atoms with Crippen LogP contribution < -0.4 is 4.74 Å². The Morgan fingerprint density at radius 1 is 1.19 bits per heavy atom. The zero-order chi connectivity index (χ0) is 18.5. The first-order chi connectivity index (χ1) is 12.6. The normalized spacial score (nSPS) is 11.2. The van der Waals surface area contributed by atoms with Gasteiger partial charge >= 0.3 is 5.97 Å². The molecule has 0 saturated carbocycles. The SMILES string of the molecule is CCCN(CC(=O)O)Cc1nc2ccccc2n1-c1ccc(OC)cc1. The van der Waals surface area contributed by atoms with Gasteiger partial charge < -0.3 is 9.84 Å². The third kappa shape index (κ3) is 3.86. The molecule has 2 aromatic carbocycles. The number of carboxylic acids is 1. The van der Waals surface area contributed by atoms with E-state index >= 15 is 0 Å². The molecule has 0 amide bonds. The molecule has 6 heteroatoms. The fraction of sp³-hybridized carbons (Fsp3) is 0.300. The molecule has 3 aromatic rings. The van der Waals surface area contributed by atoms with Crippen LogP contribution >= 0.6 is 0 Å². The van der Waals surface area contributed by atoms with Gasteiger partial charge in [0.25, 0.3) is 0 Å². The molecule has 0 spiro atoms.